The molecular weight excluding hydrogens is 300 g/mol. The van der Waals surface area contributed by atoms with Crippen molar-refractivity contribution in [2.45, 2.75) is 6.92 Å². The predicted molar refractivity (Wildman–Crippen MR) is 98.1 cm³/mol. The number of hydrogen-bond acceptors (Lipinski definition) is 4. The molecule has 2 aromatic carbocycles. The summed E-state index contributed by atoms with van der Waals surface area (Å²) >= 11 is 0. The zero-order chi connectivity index (χ0) is 17.3. The molecular formula is C20H18N2O2. The minimum absolute atomic E-state index is 0.0612. The van der Waals surface area contributed by atoms with Crippen molar-refractivity contribution in [3.8, 4) is 11.1 Å². The lowest BCUT2D eigenvalue weighted by Gasteiger charge is -2.24. The van der Waals surface area contributed by atoms with Gasteiger partial charge in [-0.05, 0) is 18.6 Å². The Hall–Kier alpha value is -3.27. The summed E-state index contributed by atoms with van der Waals surface area (Å²) in [6.45, 7) is 9.24. The maximum Gasteiger partial charge on any atom is 0.142 e. The first kappa shape index (κ1) is 15.6. The Morgan fingerprint density at radius 2 is 1.75 bits per heavy atom. The lowest BCUT2D eigenvalue weighted by atomic mass is 10.0. The highest BCUT2D eigenvalue weighted by Gasteiger charge is 2.22. The van der Waals surface area contributed by atoms with Crippen molar-refractivity contribution in [2.24, 2.45) is 5.10 Å². The van der Waals surface area contributed by atoms with E-state index in [0.717, 1.165) is 16.8 Å². The highest BCUT2D eigenvalue weighted by atomic mass is 16.3. The molecule has 0 aliphatic carbocycles. The molecule has 1 heterocycles. The molecule has 3 rings (SSSR count). The van der Waals surface area contributed by atoms with Gasteiger partial charge in [0.1, 0.15) is 17.2 Å². The first-order valence-corrected chi connectivity index (χ1v) is 7.50. The van der Waals surface area contributed by atoms with Gasteiger partial charge in [0.2, 0.25) is 0 Å². The highest BCUT2D eigenvalue weighted by molar-refractivity contribution is 6.13. The summed E-state index contributed by atoms with van der Waals surface area (Å²) in [5.41, 5.74) is 4.35. The molecule has 4 heteroatoms. The van der Waals surface area contributed by atoms with Gasteiger partial charge in [-0.3, -0.25) is 0 Å². The van der Waals surface area contributed by atoms with Crippen LogP contribution in [0.25, 0.3) is 11.1 Å². The molecule has 2 aromatic rings. The number of rotatable bonds is 3. The van der Waals surface area contributed by atoms with E-state index in [9.17, 15) is 10.2 Å². The van der Waals surface area contributed by atoms with Crippen molar-refractivity contribution >= 4 is 11.4 Å². The van der Waals surface area contributed by atoms with Crippen molar-refractivity contribution in [1.29, 1.82) is 0 Å². The first-order valence-electron chi connectivity index (χ1n) is 7.50. The summed E-state index contributed by atoms with van der Waals surface area (Å²) in [6, 6.07) is 15.9. The number of para-hydroxylation sites is 1. The lowest BCUT2D eigenvalue weighted by molar-refractivity contribution is 0.417. The SMILES string of the molecule is C=C(O)C1=NN(c2ccccc2-c2ccc(C)cc2)C=C(O)C1=C. The van der Waals surface area contributed by atoms with Crippen molar-refractivity contribution in [2.75, 3.05) is 5.01 Å². The molecule has 0 bridgehead atoms. The molecule has 0 unspecified atom stereocenters. The van der Waals surface area contributed by atoms with Crippen LogP contribution in [0.4, 0.5) is 5.69 Å². The van der Waals surface area contributed by atoms with Crippen LogP contribution in [-0.4, -0.2) is 15.9 Å². The van der Waals surface area contributed by atoms with Gasteiger partial charge in [0, 0.05) is 11.1 Å². The fourth-order valence-electron chi connectivity index (χ4n) is 2.52. The molecule has 0 saturated carbocycles. The van der Waals surface area contributed by atoms with E-state index in [0.29, 0.717) is 0 Å². The van der Waals surface area contributed by atoms with Crippen molar-refractivity contribution in [3.05, 3.63) is 90.5 Å². The van der Waals surface area contributed by atoms with E-state index in [4.69, 9.17) is 0 Å². The number of nitrogens with zero attached hydrogens (tertiary/aromatic N) is 2. The van der Waals surface area contributed by atoms with Crippen LogP contribution in [0.15, 0.2) is 90.1 Å². The van der Waals surface area contributed by atoms with E-state index < -0.39 is 0 Å². The minimum atomic E-state index is -0.238. The molecule has 0 spiro atoms. The summed E-state index contributed by atoms with van der Waals surface area (Å²) in [4.78, 5) is 0. The third kappa shape index (κ3) is 2.82. The second-order valence-electron chi connectivity index (χ2n) is 5.62. The fraction of sp³-hybridized carbons (Fsp3) is 0.0500. The third-order valence-corrected chi connectivity index (χ3v) is 3.83. The van der Waals surface area contributed by atoms with Crippen LogP contribution in [0.2, 0.25) is 0 Å². The number of aliphatic hydroxyl groups excluding tert-OH is 2. The number of hydrazone groups is 1. The normalized spacial score (nSPS) is 14.2. The second-order valence-corrected chi connectivity index (χ2v) is 5.62. The Morgan fingerprint density at radius 1 is 1.08 bits per heavy atom. The summed E-state index contributed by atoms with van der Waals surface area (Å²) in [5, 5.41) is 25.7. The smallest absolute Gasteiger partial charge is 0.142 e. The van der Waals surface area contributed by atoms with Gasteiger partial charge in [0.05, 0.1) is 11.9 Å². The number of anilines is 1. The van der Waals surface area contributed by atoms with Crippen LogP contribution in [-0.2, 0) is 0 Å². The number of hydrogen-bond donors (Lipinski definition) is 2. The zero-order valence-corrected chi connectivity index (χ0v) is 13.4. The van der Waals surface area contributed by atoms with Gasteiger partial charge in [0.15, 0.2) is 0 Å². The Morgan fingerprint density at radius 3 is 2.42 bits per heavy atom. The molecule has 1 aliphatic rings. The van der Waals surface area contributed by atoms with Crippen LogP contribution in [0.3, 0.4) is 0 Å². The standard InChI is InChI=1S/C20H18N2O2/c1-13-8-10-16(11-9-13)17-6-4-5-7-18(17)22-12-19(24)14(2)20(21-22)15(3)23/h4-12,23-24H,2-3H2,1H3. The van der Waals surface area contributed by atoms with Gasteiger partial charge < -0.3 is 10.2 Å². The molecule has 0 fully saturated rings. The van der Waals surface area contributed by atoms with E-state index in [1.165, 1.54) is 16.8 Å². The Bertz CT molecular complexity index is 877. The fourth-order valence-corrected chi connectivity index (χ4v) is 2.52. The summed E-state index contributed by atoms with van der Waals surface area (Å²) < 4.78 is 0. The minimum Gasteiger partial charge on any atom is -0.506 e. The number of aryl methyl sites for hydroxylation is 1. The van der Waals surface area contributed by atoms with Crippen molar-refractivity contribution in [1.82, 2.24) is 0 Å². The van der Waals surface area contributed by atoms with Crippen LogP contribution in [0.1, 0.15) is 5.56 Å². The average molecular weight is 318 g/mol. The quantitative estimate of drug-likeness (QED) is 0.794. The topological polar surface area (TPSA) is 56.1 Å². The summed E-state index contributed by atoms with van der Waals surface area (Å²) in [7, 11) is 0. The zero-order valence-electron chi connectivity index (χ0n) is 13.4. The number of benzene rings is 2. The Labute approximate surface area is 141 Å². The van der Waals surface area contributed by atoms with E-state index in [-0.39, 0.29) is 22.8 Å². The van der Waals surface area contributed by atoms with Crippen LogP contribution in [0.5, 0.6) is 0 Å². The molecule has 120 valence electrons. The Balaban J connectivity index is 2.12. The predicted octanol–water partition coefficient (Wildman–Crippen LogP) is 4.87. The molecule has 2 N–H and O–H groups in total. The van der Waals surface area contributed by atoms with Gasteiger partial charge >= 0.3 is 0 Å². The maximum atomic E-state index is 10.1. The van der Waals surface area contributed by atoms with Crippen LogP contribution < -0.4 is 5.01 Å². The molecule has 0 aromatic heterocycles. The van der Waals surface area contributed by atoms with Gasteiger partial charge in [-0.2, -0.15) is 5.10 Å². The Kier molecular flexibility index (Phi) is 3.96. The molecule has 0 radical (unpaired) electrons. The molecule has 24 heavy (non-hydrogen) atoms. The summed E-state index contributed by atoms with van der Waals surface area (Å²) in [5.74, 6) is -0.300. The maximum absolute atomic E-state index is 10.1. The van der Waals surface area contributed by atoms with E-state index in [2.05, 4.69) is 18.3 Å². The molecule has 0 saturated heterocycles. The van der Waals surface area contributed by atoms with Gasteiger partial charge in [0.25, 0.3) is 0 Å². The molecule has 1 aliphatic heterocycles. The largest absolute Gasteiger partial charge is 0.506 e. The highest BCUT2D eigenvalue weighted by Crippen LogP contribution is 2.33. The first-order chi connectivity index (χ1) is 11.5. The van der Waals surface area contributed by atoms with Crippen LogP contribution >= 0.6 is 0 Å². The van der Waals surface area contributed by atoms with Crippen molar-refractivity contribution in [3.63, 3.8) is 0 Å². The van der Waals surface area contributed by atoms with Gasteiger partial charge in [-0.15, -0.1) is 0 Å². The average Bonchev–Trinajstić information content (AvgIpc) is 2.57. The third-order valence-electron chi connectivity index (χ3n) is 3.83. The molecule has 0 atom stereocenters. The van der Waals surface area contributed by atoms with E-state index in [1.807, 2.05) is 55.5 Å². The van der Waals surface area contributed by atoms with Gasteiger partial charge in [-0.25, -0.2) is 5.01 Å². The number of aliphatic hydroxyl groups is 2. The number of allylic oxidation sites excluding steroid dienone is 2. The van der Waals surface area contributed by atoms with E-state index >= 15 is 0 Å². The monoisotopic (exact) mass is 318 g/mol. The van der Waals surface area contributed by atoms with Crippen LogP contribution in [0, 0.1) is 6.92 Å². The second kappa shape index (κ2) is 6.08. The summed E-state index contributed by atoms with van der Waals surface area (Å²) in [6.07, 6.45) is 1.47. The molecule has 0 amide bonds. The lowest BCUT2D eigenvalue weighted by Crippen LogP contribution is -2.22. The van der Waals surface area contributed by atoms with E-state index in [1.54, 1.807) is 0 Å². The van der Waals surface area contributed by atoms with Crippen molar-refractivity contribution < 1.29 is 10.2 Å². The van der Waals surface area contributed by atoms with Gasteiger partial charge in [-0.1, -0.05) is 61.2 Å². The molecule has 4 nitrogen and oxygen atoms in total.